The molecule has 2 rings (SSSR count). The van der Waals surface area contributed by atoms with Crippen molar-refractivity contribution in [1.82, 2.24) is 9.80 Å². The Hall–Kier alpha value is -0.0800. The second-order valence-corrected chi connectivity index (χ2v) is 6.93. The lowest BCUT2D eigenvalue weighted by Gasteiger charge is -2.42. The second-order valence-electron chi connectivity index (χ2n) is 6.93. The van der Waals surface area contributed by atoms with Crippen LogP contribution < -0.4 is 0 Å². The zero-order chi connectivity index (χ0) is 13.1. The average Bonchev–Trinajstić information content (AvgIpc) is 2.39. The Morgan fingerprint density at radius 1 is 0.611 bits per heavy atom. The molecule has 0 aromatic heterocycles. The summed E-state index contributed by atoms with van der Waals surface area (Å²) in [6, 6.07) is 1.49. The molecule has 0 bridgehead atoms. The van der Waals surface area contributed by atoms with Crippen molar-refractivity contribution in [3.05, 3.63) is 0 Å². The van der Waals surface area contributed by atoms with E-state index in [0.29, 0.717) is 0 Å². The summed E-state index contributed by atoms with van der Waals surface area (Å²) in [6.45, 7) is 14.7. The first-order valence-corrected chi connectivity index (χ1v) is 8.06. The lowest BCUT2D eigenvalue weighted by Crippen LogP contribution is -2.44. The molecule has 0 saturated carbocycles. The topological polar surface area (TPSA) is 6.48 Å². The van der Waals surface area contributed by atoms with E-state index in [1.807, 2.05) is 0 Å². The largest absolute Gasteiger partial charge is 0.301 e. The molecule has 0 amide bonds. The molecule has 0 unspecified atom stereocenters. The predicted octanol–water partition coefficient (Wildman–Crippen LogP) is 3.23. The van der Waals surface area contributed by atoms with Gasteiger partial charge in [-0.25, -0.2) is 0 Å². The Morgan fingerprint density at radius 3 is 1.11 bits per heavy atom. The maximum atomic E-state index is 2.65. The van der Waals surface area contributed by atoms with Crippen molar-refractivity contribution in [3.63, 3.8) is 0 Å². The van der Waals surface area contributed by atoms with E-state index in [1.54, 1.807) is 0 Å². The fourth-order valence-electron chi connectivity index (χ4n) is 3.81. The van der Waals surface area contributed by atoms with E-state index in [9.17, 15) is 0 Å². The van der Waals surface area contributed by atoms with Gasteiger partial charge in [0.2, 0.25) is 0 Å². The molecule has 0 radical (unpaired) electrons. The Balaban J connectivity index is 1.75. The van der Waals surface area contributed by atoms with E-state index >= 15 is 0 Å². The average molecular weight is 252 g/mol. The fraction of sp³-hybridized carbons (Fsp3) is 1.00. The second kappa shape index (κ2) is 6.38. The molecule has 0 aromatic rings. The number of nitrogens with zero attached hydrogens (tertiary/aromatic N) is 2. The van der Waals surface area contributed by atoms with Crippen LogP contribution in [0.2, 0.25) is 0 Å². The minimum absolute atomic E-state index is 0.744. The minimum atomic E-state index is 0.744. The Kier molecular flexibility index (Phi) is 5.08. The van der Waals surface area contributed by atoms with Crippen LogP contribution in [0.4, 0.5) is 0 Å². The summed E-state index contributed by atoms with van der Waals surface area (Å²) in [5, 5.41) is 0. The van der Waals surface area contributed by atoms with E-state index < -0.39 is 0 Å². The van der Waals surface area contributed by atoms with Crippen molar-refractivity contribution in [2.45, 2.75) is 65.5 Å². The quantitative estimate of drug-likeness (QED) is 0.761. The molecule has 0 aromatic carbocycles. The van der Waals surface area contributed by atoms with Gasteiger partial charge >= 0.3 is 0 Å². The van der Waals surface area contributed by atoms with Gasteiger partial charge < -0.3 is 9.80 Å². The van der Waals surface area contributed by atoms with Crippen LogP contribution in [-0.2, 0) is 0 Å². The van der Waals surface area contributed by atoms with Gasteiger partial charge in [0.25, 0.3) is 0 Å². The number of likely N-dealkylation sites (tertiary alicyclic amines) is 2. The van der Waals surface area contributed by atoms with Gasteiger partial charge in [0.1, 0.15) is 0 Å². The van der Waals surface area contributed by atoms with Crippen molar-refractivity contribution in [2.24, 2.45) is 11.8 Å². The zero-order valence-electron chi connectivity index (χ0n) is 12.9. The maximum Gasteiger partial charge on any atom is 0.00385 e. The molecule has 0 spiro atoms. The summed E-state index contributed by atoms with van der Waals surface area (Å²) in [5.74, 6) is 2.05. The summed E-state index contributed by atoms with van der Waals surface area (Å²) in [7, 11) is 0. The highest BCUT2D eigenvalue weighted by Gasteiger charge is 2.30. The fourth-order valence-corrected chi connectivity index (χ4v) is 3.81. The van der Waals surface area contributed by atoms with Gasteiger partial charge in [0.15, 0.2) is 0 Å². The number of hydrogen-bond acceptors (Lipinski definition) is 2. The molecule has 18 heavy (non-hydrogen) atoms. The van der Waals surface area contributed by atoms with E-state index in [0.717, 1.165) is 23.9 Å². The SMILES string of the molecule is CC(C)N1CCC(C2CCN(C(C)C)CC2)CC1. The van der Waals surface area contributed by atoms with Crippen molar-refractivity contribution in [1.29, 1.82) is 0 Å². The predicted molar refractivity (Wildman–Crippen MR) is 78.9 cm³/mol. The van der Waals surface area contributed by atoms with Crippen molar-refractivity contribution < 1.29 is 0 Å². The van der Waals surface area contributed by atoms with E-state index in [4.69, 9.17) is 0 Å². The summed E-state index contributed by atoms with van der Waals surface area (Å²) in [5.41, 5.74) is 0. The lowest BCUT2D eigenvalue weighted by atomic mass is 9.78. The molecule has 106 valence electrons. The standard InChI is InChI=1S/C16H32N2/c1-13(2)17-9-5-15(6-10-17)16-7-11-18(12-8-16)14(3)4/h13-16H,5-12H2,1-4H3. The van der Waals surface area contributed by atoms with Gasteiger partial charge in [-0.05, 0) is 91.4 Å². The first-order chi connectivity index (χ1) is 8.58. The smallest absolute Gasteiger partial charge is 0.00385 e. The highest BCUT2D eigenvalue weighted by Crippen LogP contribution is 2.33. The van der Waals surface area contributed by atoms with Crippen LogP contribution >= 0.6 is 0 Å². The minimum Gasteiger partial charge on any atom is -0.301 e. The first kappa shape index (κ1) is 14.3. The van der Waals surface area contributed by atoms with Gasteiger partial charge in [-0.3, -0.25) is 0 Å². The third-order valence-electron chi connectivity index (χ3n) is 5.28. The van der Waals surface area contributed by atoms with E-state index in [-0.39, 0.29) is 0 Å². The van der Waals surface area contributed by atoms with Gasteiger partial charge in [-0.15, -0.1) is 0 Å². The molecule has 0 N–H and O–H groups in total. The molecule has 2 heterocycles. The van der Waals surface area contributed by atoms with Gasteiger partial charge in [0.05, 0.1) is 0 Å². The Bertz CT molecular complexity index is 207. The third-order valence-corrected chi connectivity index (χ3v) is 5.28. The normalized spacial score (nSPS) is 26.3. The van der Waals surface area contributed by atoms with Crippen LogP contribution in [0, 0.1) is 11.8 Å². The summed E-state index contributed by atoms with van der Waals surface area (Å²) in [4.78, 5) is 5.31. The van der Waals surface area contributed by atoms with E-state index in [2.05, 4.69) is 37.5 Å². The Labute approximate surface area is 114 Å². The lowest BCUT2D eigenvalue weighted by molar-refractivity contribution is 0.0743. The van der Waals surface area contributed by atoms with Crippen LogP contribution in [0.1, 0.15) is 53.4 Å². The molecule has 2 aliphatic rings. The number of piperidine rings is 2. The van der Waals surface area contributed by atoms with Crippen LogP contribution in [0.5, 0.6) is 0 Å². The van der Waals surface area contributed by atoms with Crippen molar-refractivity contribution in [2.75, 3.05) is 26.2 Å². The molecule has 2 saturated heterocycles. The highest BCUT2D eigenvalue weighted by atomic mass is 15.2. The van der Waals surface area contributed by atoms with Crippen LogP contribution in [0.3, 0.4) is 0 Å². The van der Waals surface area contributed by atoms with Gasteiger partial charge in [-0.1, -0.05) is 0 Å². The Morgan fingerprint density at radius 2 is 0.889 bits per heavy atom. The number of hydrogen-bond donors (Lipinski definition) is 0. The first-order valence-electron chi connectivity index (χ1n) is 8.06. The van der Waals surface area contributed by atoms with Gasteiger partial charge in [-0.2, -0.15) is 0 Å². The molecular formula is C16H32N2. The number of rotatable bonds is 3. The summed E-state index contributed by atoms with van der Waals surface area (Å²) in [6.07, 6.45) is 5.80. The molecule has 2 heteroatoms. The van der Waals surface area contributed by atoms with Crippen molar-refractivity contribution in [3.8, 4) is 0 Å². The zero-order valence-corrected chi connectivity index (χ0v) is 12.9. The molecule has 0 atom stereocenters. The summed E-state index contributed by atoms with van der Waals surface area (Å²) < 4.78 is 0. The molecule has 2 aliphatic heterocycles. The molecule has 2 nitrogen and oxygen atoms in total. The maximum absolute atomic E-state index is 2.65. The third kappa shape index (κ3) is 3.48. The van der Waals surface area contributed by atoms with Crippen LogP contribution in [0.15, 0.2) is 0 Å². The highest BCUT2D eigenvalue weighted by molar-refractivity contribution is 4.83. The molecule has 0 aliphatic carbocycles. The van der Waals surface area contributed by atoms with E-state index in [1.165, 1.54) is 51.9 Å². The molecular weight excluding hydrogens is 220 g/mol. The van der Waals surface area contributed by atoms with Crippen LogP contribution in [-0.4, -0.2) is 48.1 Å². The van der Waals surface area contributed by atoms with Crippen molar-refractivity contribution >= 4 is 0 Å². The molecule has 2 fully saturated rings. The van der Waals surface area contributed by atoms with Crippen LogP contribution in [0.25, 0.3) is 0 Å². The van der Waals surface area contributed by atoms with Gasteiger partial charge in [0, 0.05) is 12.1 Å². The monoisotopic (exact) mass is 252 g/mol. The summed E-state index contributed by atoms with van der Waals surface area (Å²) >= 11 is 0.